The zero-order chi connectivity index (χ0) is 13.2. The number of anilines is 1. The Morgan fingerprint density at radius 2 is 2.37 bits per heavy atom. The Balaban J connectivity index is 1.69. The quantitative estimate of drug-likeness (QED) is 0.895. The second-order valence-electron chi connectivity index (χ2n) is 5.09. The van der Waals surface area contributed by atoms with Crippen LogP contribution < -0.4 is 5.32 Å². The van der Waals surface area contributed by atoms with Gasteiger partial charge in [0, 0.05) is 37.0 Å². The SMILES string of the molecule is Cc1cccc(NC(=O)[C@H]2CCn3ccnc3C2)c1. The van der Waals surface area contributed by atoms with E-state index in [1.54, 1.807) is 6.20 Å². The van der Waals surface area contributed by atoms with Crippen molar-refractivity contribution in [2.45, 2.75) is 26.3 Å². The molecule has 1 N–H and O–H groups in total. The van der Waals surface area contributed by atoms with Crippen LogP contribution in [0.3, 0.4) is 0 Å². The van der Waals surface area contributed by atoms with Crippen molar-refractivity contribution in [2.24, 2.45) is 5.92 Å². The van der Waals surface area contributed by atoms with Gasteiger partial charge in [-0.1, -0.05) is 12.1 Å². The maximum absolute atomic E-state index is 12.3. The largest absolute Gasteiger partial charge is 0.335 e. The van der Waals surface area contributed by atoms with Crippen LogP contribution in [0, 0.1) is 12.8 Å². The number of hydrogen-bond acceptors (Lipinski definition) is 2. The fraction of sp³-hybridized carbons (Fsp3) is 0.333. The predicted octanol–water partition coefficient (Wildman–Crippen LogP) is 2.39. The third-order valence-electron chi connectivity index (χ3n) is 3.61. The van der Waals surface area contributed by atoms with Crippen LogP contribution in [0.15, 0.2) is 36.7 Å². The van der Waals surface area contributed by atoms with Crippen molar-refractivity contribution >= 4 is 11.6 Å². The third kappa shape index (κ3) is 2.52. The molecule has 1 aliphatic heterocycles. The highest BCUT2D eigenvalue weighted by Crippen LogP contribution is 2.21. The lowest BCUT2D eigenvalue weighted by Gasteiger charge is -2.22. The molecule has 3 rings (SSSR count). The number of aryl methyl sites for hydroxylation is 2. The van der Waals surface area contributed by atoms with Gasteiger partial charge in [-0.05, 0) is 31.0 Å². The molecule has 1 amide bonds. The summed E-state index contributed by atoms with van der Waals surface area (Å²) in [6.45, 7) is 2.90. The molecule has 19 heavy (non-hydrogen) atoms. The van der Waals surface area contributed by atoms with Crippen LogP contribution in [0.2, 0.25) is 0 Å². The van der Waals surface area contributed by atoms with E-state index in [1.807, 2.05) is 37.4 Å². The van der Waals surface area contributed by atoms with Crippen LogP contribution >= 0.6 is 0 Å². The maximum atomic E-state index is 12.3. The van der Waals surface area contributed by atoms with Gasteiger partial charge in [-0.3, -0.25) is 4.79 Å². The summed E-state index contributed by atoms with van der Waals surface area (Å²) in [4.78, 5) is 16.6. The number of imidazole rings is 1. The van der Waals surface area contributed by atoms with Gasteiger partial charge < -0.3 is 9.88 Å². The first-order valence-electron chi connectivity index (χ1n) is 6.60. The Labute approximate surface area is 112 Å². The minimum absolute atomic E-state index is 0.0235. The van der Waals surface area contributed by atoms with E-state index >= 15 is 0 Å². The first kappa shape index (κ1) is 12.0. The molecule has 0 saturated carbocycles. The lowest BCUT2D eigenvalue weighted by Crippen LogP contribution is -2.30. The molecule has 1 atom stereocenters. The van der Waals surface area contributed by atoms with Gasteiger partial charge in [0.05, 0.1) is 0 Å². The first-order valence-corrected chi connectivity index (χ1v) is 6.60. The highest BCUT2D eigenvalue weighted by molar-refractivity contribution is 5.92. The Kier molecular flexibility index (Phi) is 3.07. The summed E-state index contributed by atoms with van der Waals surface area (Å²) < 4.78 is 2.12. The van der Waals surface area contributed by atoms with Crippen LogP contribution in [0.5, 0.6) is 0 Å². The number of carbonyl (C=O) groups is 1. The molecular weight excluding hydrogens is 238 g/mol. The van der Waals surface area contributed by atoms with E-state index in [9.17, 15) is 4.79 Å². The molecule has 0 spiro atoms. The fourth-order valence-corrected chi connectivity index (χ4v) is 2.54. The molecule has 0 unspecified atom stereocenters. The molecule has 4 heteroatoms. The van der Waals surface area contributed by atoms with Gasteiger partial charge in [-0.2, -0.15) is 0 Å². The summed E-state index contributed by atoms with van der Waals surface area (Å²) in [6, 6.07) is 7.89. The van der Waals surface area contributed by atoms with Crippen LogP contribution in [0.25, 0.3) is 0 Å². The number of benzene rings is 1. The molecule has 1 aromatic carbocycles. The minimum atomic E-state index is 0.0235. The summed E-state index contributed by atoms with van der Waals surface area (Å²) in [5.41, 5.74) is 2.02. The molecule has 98 valence electrons. The van der Waals surface area contributed by atoms with Crippen LogP contribution in [0.1, 0.15) is 17.8 Å². The van der Waals surface area contributed by atoms with Gasteiger partial charge in [0.2, 0.25) is 5.91 Å². The van der Waals surface area contributed by atoms with Crippen molar-refractivity contribution < 1.29 is 4.79 Å². The average molecular weight is 255 g/mol. The van der Waals surface area contributed by atoms with Crippen molar-refractivity contribution in [3.05, 3.63) is 48.0 Å². The monoisotopic (exact) mass is 255 g/mol. The Morgan fingerprint density at radius 1 is 1.47 bits per heavy atom. The van der Waals surface area contributed by atoms with E-state index in [0.29, 0.717) is 0 Å². The first-order chi connectivity index (χ1) is 9.22. The minimum Gasteiger partial charge on any atom is -0.335 e. The van der Waals surface area contributed by atoms with Crippen LogP contribution in [-0.4, -0.2) is 15.5 Å². The van der Waals surface area contributed by atoms with Crippen molar-refractivity contribution in [2.75, 3.05) is 5.32 Å². The lowest BCUT2D eigenvalue weighted by atomic mass is 9.97. The molecule has 0 bridgehead atoms. The van der Waals surface area contributed by atoms with E-state index < -0.39 is 0 Å². The molecule has 0 fully saturated rings. The van der Waals surface area contributed by atoms with Crippen molar-refractivity contribution in [1.82, 2.24) is 9.55 Å². The number of rotatable bonds is 2. The average Bonchev–Trinajstić information content (AvgIpc) is 2.85. The van der Waals surface area contributed by atoms with Gasteiger partial charge >= 0.3 is 0 Å². The summed E-state index contributed by atoms with van der Waals surface area (Å²) in [5, 5.41) is 3.00. The smallest absolute Gasteiger partial charge is 0.228 e. The van der Waals surface area contributed by atoms with Crippen LogP contribution in [-0.2, 0) is 17.8 Å². The number of amides is 1. The second-order valence-corrected chi connectivity index (χ2v) is 5.09. The number of nitrogens with one attached hydrogen (secondary N) is 1. The topological polar surface area (TPSA) is 46.9 Å². The van der Waals surface area contributed by atoms with Gasteiger partial charge in [0.25, 0.3) is 0 Å². The van der Waals surface area contributed by atoms with E-state index in [4.69, 9.17) is 0 Å². The summed E-state index contributed by atoms with van der Waals surface area (Å²) in [6.07, 6.45) is 5.38. The Hall–Kier alpha value is -2.10. The van der Waals surface area contributed by atoms with Gasteiger partial charge in [0.1, 0.15) is 5.82 Å². The van der Waals surface area contributed by atoms with Gasteiger partial charge in [0.15, 0.2) is 0 Å². The molecule has 1 aliphatic rings. The summed E-state index contributed by atoms with van der Waals surface area (Å²) in [5.74, 6) is 1.13. The normalized spacial score (nSPS) is 17.8. The third-order valence-corrected chi connectivity index (χ3v) is 3.61. The van der Waals surface area contributed by atoms with Gasteiger partial charge in [-0.25, -0.2) is 4.98 Å². The van der Waals surface area contributed by atoms with Crippen LogP contribution in [0.4, 0.5) is 5.69 Å². The fourth-order valence-electron chi connectivity index (χ4n) is 2.54. The molecule has 0 radical (unpaired) electrons. The van der Waals surface area contributed by atoms with Crippen molar-refractivity contribution in [3.8, 4) is 0 Å². The zero-order valence-electron chi connectivity index (χ0n) is 11.0. The predicted molar refractivity (Wildman–Crippen MR) is 73.8 cm³/mol. The standard InChI is InChI=1S/C15H17N3O/c1-11-3-2-4-13(9-11)17-15(19)12-5-7-18-8-6-16-14(18)10-12/h2-4,6,8-9,12H,5,7,10H2,1H3,(H,17,19)/t12-/m0/s1. The highest BCUT2D eigenvalue weighted by atomic mass is 16.1. The van der Waals surface area contributed by atoms with E-state index in [2.05, 4.69) is 14.9 Å². The number of fused-ring (bicyclic) bond motifs is 1. The lowest BCUT2D eigenvalue weighted by molar-refractivity contribution is -0.120. The highest BCUT2D eigenvalue weighted by Gasteiger charge is 2.25. The van der Waals surface area contributed by atoms with Crippen molar-refractivity contribution in [1.29, 1.82) is 0 Å². The summed E-state index contributed by atoms with van der Waals surface area (Å²) in [7, 11) is 0. The maximum Gasteiger partial charge on any atom is 0.228 e. The number of aromatic nitrogens is 2. The summed E-state index contributed by atoms with van der Waals surface area (Å²) >= 11 is 0. The molecule has 2 aromatic rings. The van der Waals surface area contributed by atoms with Gasteiger partial charge in [-0.15, -0.1) is 0 Å². The molecule has 0 saturated heterocycles. The van der Waals surface area contributed by atoms with Crippen molar-refractivity contribution in [3.63, 3.8) is 0 Å². The Morgan fingerprint density at radius 3 is 3.21 bits per heavy atom. The zero-order valence-corrected chi connectivity index (χ0v) is 11.0. The van der Waals surface area contributed by atoms with E-state index in [0.717, 1.165) is 36.5 Å². The number of nitrogens with zero attached hydrogens (tertiary/aromatic N) is 2. The number of carbonyl (C=O) groups excluding carboxylic acids is 1. The Bertz CT molecular complexity index is 603. The molecule has 2 heterocycles. The second kappa shape index (κ2) is 4.88. The molecule has 4 nitrogen and oxygen atoms in total. The molecule has 0 aliphatic carbocycles. The number of hydrogen-bond donors (Lipinski definition) is 1. The molecule has 1 aromatic heterocycles. The van der Waals surface area contributed by atoms with E-state index in [1.165, 1.54) is 0 Å². The van der Waals surface area contributed by atoms with E-state index in [-0.39, 0.29) is 11.8 Å². The molecular formula is C15H17N3O.